The van der Waals surface area contributed by atoms with Crippen molar-refractivity contribution in [1.29, 1.82) is 0 Å². The summed E-state index contributed by atoms with van der Waals surface area (Å²) in [6.45, 7) is 4.37. The Morgan fingerprint density at radius 2 is 1.93 bits per heavy atom. The highest BCUT2D eigenvalue weighted by molar-refractivity contribution is 5.86. The molecule has 0 aliphatic carbocycles. The summed E-state index contributed by atoms with van der Waals surface area (Å²) >= 11 is 0. The molecule has 13 heteroatoms. The average Bonchev–Trinajstić information content (AvgIpc) is 3.53. The number of para-hydroxylation sites is 1. The number of ether oxygens (including phenoxy) is 2. The second-order valence-electron chi connectivity index (χ2n) is 10.1. The molecule has 1 aromatic carbocycles. The topological polar surface area (TPSA) is 128 Å². The molecule has 2 atom stereocenters. The van der Waals surface area contributed by atoms with E-state index in [9.17, 15) is 13.2 Å². The highest BCUT2D eigenvalue weighted by atomic mass is 19.4. The zero-order valence-corrected chi connectivity index (χ0v) is 22.3. The first kappa shape index (κ1) is 29.2. The Morgan fingerprint density at radius 1 is 1.18 bits per heavy atom. The SMILES string of the molecule is COC(C)(C)COc1cccc2ccc(-c3nnc4ccc([C@@H](N5CC[C@H](N)C5)C(F)(F)F)cn34)nc12.O=CO. The number of carboxylic acid groups (broad SMARTS) is 1. The third-order valence-electron chi connectivity index (χ3n) is 6.71. The van der Waals surface area contributed by atoms with Crippen LogP contribution < -0.4 is 10.5 Å². The first-order valence-electron chi connectivity index (χ1n) is 12.5. The number of halogens is 3. The summed E-state index contributed by atoms with van der Waals surface area (Å²) in [5, 5.41) is 16.2. The number of nitrogens with two attached hydrogens (primary N) is 1. The first-order valence-corrected chi connectivity index (χ1v) is 12.5. The fraction of sp³-hybridized carbons (Fsp3) is 0.407. The number of fused-ring (bicyclic) bond motifs is 2. The molecule has 40 heavy (non-hydrogen) atoms. The van der Waals surface area contributed by atoms with Crippen molar-refractivity contribution in [2.24, 2.45) is 5.73 Å². The van der Waals surface area contributed by atoms with Crippen LogP contribution in [0, 0.1) is 0 Å². The molecular formula is C27H31F3N6O4. The number of hydrogen-bond acceptors (Lipinski definition) is 8. The lowest BCUT2D eigenvalue weighted by atomic mass is 10.1. The van der Waals surface area contributed by atoms with Gasteiger partial charge in [0.25, 0.3) is 6.47 Å². The number of alkyl halides is 3. The van der Waals surface area contributed by atoms with Gasteiger partial charge in [0, 0.05) is 37.8 Å². The number of benzene rings is 1. The van der Waals surface area contributed by atoms with Gasteiger partial charge < -0.3 is 20.3 Å². The molecule has 1 saturated heterocycles. The summed E-state index contributed by atoms with van der Waals surface area (Å²) in [7, 11) is 1.62. The molecule has 0 bridgehead atoms. The molecule has 0 radical (unpaired) electrons. The van der Waals surface area contributed by atoms with Crippen LogP contribution in [0.4, 0.5) is 13.2 Å². The molecule has 1 fully saturated rings. The van der Waals surface area contributed by atoms with Crippen molar-refractivity contribution in [3.8, 4) is 17.3 Å². The zero-order chi connectivity index (χ0) is 29.1. The summed E-state index contributed by atoms with van der Waals surface area (Å²) in [6.07, 6.45) is -2.49. The molecule has 1 aliphatic heterocycles. The van der Waals surface area contributed by atoms with Crippen molar-refractivity contribution in [2.75, 3.05) is 26.8 Å². The van der Waals surface area contributed by atoms with Crippen LogP contribution in [0.5, 0.6) is 5.75 Å². The van der Waals surface area contributed by atoms with E-state index in [1.165, 1.54) is 17.2 Å². The minimum Gasteiger partial charge on any atom is -0.488 e. The van der Waals surface area contributed by atoms with E-state index in [4.69, 9.17) is 30.1 Å². The van der Waals surface area contributed by atoms with Crippen LogP contribution in [0.3, 0.4) is 0 Å². The molecule has 0 spiro atoms. The Morgan fingerprint density at radius 3 is 2.58 bits per heavy atom. The van der Waals surface area contributed by atoms with Crippen molar-refractivity contribution in [3.05, 3.63) is 54.2 Å². The van der Waals surface area contributed by atoms with E-state index >= 15 is 0 Å². The molecule has 214 valence electrons. The summed E-state index contributed by atoms with van der Waals surface area (Å²) in [4.78, 5) is 14.5. The average molecular weight is 561 g/mol. The first-order chi connectivity index (χ1) is 19.0. The Bertz CT molecular complexity index is 1480. The van der Waals surface area contributed by atoms with Crippen LogP contribution >= 0.6 is 0 Å². The van der Waals surface area contributed by atoms with Gasteiger partial charge in [0.05, 0.1) is 5.60 Å². The highest BCUT2D eigenvalue weighted by Gasteiger charge is 2.46. The second-order valence-corrected chi connectivity index (χ2v) is 10.1. The molecule has 3 aromatic heterocycles. The molecule has 4 heterocycles. The molecule has 3 N–H and O–H groups in total. The van der Waals surface area contributed by atoms with E-state index in [1.807, 2.05) is 38.1 Å². The predicted octanol–water partition coefficient (Wildman–Crippen LogP) is 4.09. The van der Waals surface area contributed by atoms with Crippen LogP contribution in [0.2, 0.25) is 0 Å². The van der Waals surface area contributed by atoms with Crippen molar-refractivity contribution in [1.82, 2.24) is 24.5 Å². The predicted molar refractivity (Wildman–Crippen MR) is 142 cm³/mol. The number of rotatable bonds is 7. The van der Waals surface area contributed by atoms with Gasteiger partial charge in [-0.25, -0.2) is 4.98 Å². The summed E-state index contributed by atoms with van der Waals surface area (Å²) in [6, 6.07) is 10.2. The van der Waals surface area contributed by atoms with Crippen molar-refractivity contribution in [2.45, 2.75) is 44.1 Å². The van der Waals surface area contributed by atoms with E-state index in [-0.39, 0.29) is 31.2 Å². The smallest absolute Gasteiger partial charge is 0.408 e. The third-order valence-corrected chi connectivity index (χ3v) is 6.71. The number of hydrogen-bond donors (Lipinski definition) is 2. The van der Waals surface area contributed by atoms with E-state index in [0.717, 1.165) is 5.39 Å². The van der Waals surface area contributed by atoms with Crippen LogP contribution in [0.25, 0.3) is 28.1 Å². The Balaban J connectivity index is 0.00000118. The maximum absolute atomic E-state index is 14.2. The minimum atomic E-state index is -4.46. The summed E-state index contributed by atoms with van der Waals surface area (Å²) < 4.78 is 55.5. The molecule has 0 unspecified atom stereocenters. The molecule has 5 rings (SSSR count). The van der Waals surface area contributed by atoms with E-state index in [2.05, 4.69) is 10.2 Å². The lowest BCUT2D eigenvalue weighted by molar-refractivity contribution is -0.183. The molecular weight excluding hydrogens is 529 g/mol. The number of nitrogens with zero attached hydrogens (tertiary/aromatic N) is 5. The third kappa shape index (κ3) is 6.32. The van der Waals surface area contributed by atoms with Crippen molar-refractivity contribution < 1.29 is 32.5 Å². The molecule has 4 aromatic rings. The van der Waals surface area contributed by atoms with Gasteiger partial charge in [0.1, 0.15) is 29.6 Å². The Kier molecular flexibility index (Phi) is 8.57. The van der Waals surface area contributed by atoms with Gasteiger partial charge in [-0.05, 0) is 44.0 Å². The molecule has 10 nitrogen and oxygen atoms in total. The monoisotopic (exact) mass is 560 g/mol. The van der Waals surface area contributed by atoms with Gasteiger partial charge in [-0.2, -0.15) is 13.2 Å². The number of carbonyl (C=O) groups is 1. The maximum atomic E-state index is 14.2. The number of likely N-dealkylation sites (tertiary alicyclic amines) is 1. The zero-order valence-electron chi connectivity index (χ0n) is 22.3. The summed E-state index contributed by atoms with van der Waals surface area (Å²) in [5.74, 6) is 0.909. The van der Waals surface area contributed by atoms with E-state index in [0.29, 0.717) is 41.5 Å². The number of methoxy groups -OCH3 is 1. The standard InChI is InChI=1S/C26H29F3N6O2.CH2O2/c1-25(2,36-3)15-37-20-6-4-5-16-7-9-19(31-22(16)20)24-33-32-21-10-8-17(13-35(21)24)23(26(27,28)29)34-12-11-18(30)14-34;2-1-3/h4-10,13,18,23H,11-12,14-15,30H2,1-3H3;1H,(H,2,3)/t18-,23+;/m0./s1. The fourth-order valence-electron chi connectivity index (χ4n) is 4.57. The van der Waals surface area contributed by atoms with Crippen LogP contribution in [0.1, 0.15) is 31.9 Å². The Labute approximate surface area is 228 Å². The lowest BCUT2D eigenvalue weighted by Gasteiger charge is -2.30. The van der Waals surface area contributed by atoms with Crippen LogP contribution in [-0.4, -0.2) is 80.7 Å². The van der Waals surface area contributed by atoms with Gasteiger partial charge in [-0.3, -0.25) is 14.1 Å². The van der Waals surface area contributed by atoms with Gasteiger partial charge >= 0.3 is 6.18 Å². The minimum absolute atomic E-state index is 0.0989. The lowest BCUT2D eigenvalue weighted by Crippen LogP contribution is -2.38. The second kappa shape index (κ2) is 11.7. The van der Waals surface area contributed by atoms with Gasteiger partial charge in [0.2, 0.25) is 0 Å². The van der Waals surface area contributed by atoms with E-state index < -0.39 is 17.8 Å². The highest BCUT2D eigenvalue weighted by Crippen LogP contribution is 2.39. The largest absolute Gasteiger partial charge is 0.488 e. The summed E-state index contributed by atoms with van der Waals surface area (Å²) in [5.41, 5.74) is 7.01. The van der Waals surface area contributed by atoms with Gasteiger partial charge in [0.15, 0.2) is 11.5 Å². The van der Waals surface area contributed by atoms with Crippen LogP contribution in [-0.2, 0) is 9.53 Å². The molecule has 0 amide bonds. The van der Waals surface area contributed by atoms with Crippen molar-refractivity contribution >= 4 is 23.0 Å². The van der Waals surface area contributed by atoms with Crippen LogP contribution in [0.15, 0.2) is 48.7 Å². The Hall–Kier alpha value is -3.81. The van der Waals surface area contributed by atoms with Gasteiger partial charge in [-0.1, -0.05) is 24.3 Å². The normalized spacial score (nSPS) is 17.0. The van der Waals surface area contributed by atoms with Crippen molar-refractivity contribution in [3.63, 3.8) is 0 Å². The van der Waals surface area contributed by atoms with E-state index in [1.54, 1.807) is 23.6 Å². The quantitative estimate of drug-likeness (QED) is 0.321. The molecule has 1 aliphatic rings. The molecule has 0 saturated carbocycles. The number of aromatic nitrogens is 4. The maximum Gasteiger partial charge on any atom is 0.408 e. The fourth-order valence-corrected chi connectivity index (χ4v) is 4.57. The van der Waals surface area contributed by atoms with Gasteiger partial charge in [-0.15, -0.1) is 10.2 Å². The number of pyridine rings is 2.